The van der Waals surface area contributed by atoms with Gasteiger partial charge in [0.25, 0.3) is 0 Å². The molecule has 1 aromatic rings. The first kappa shape index (κ1) is 8.64. The third-order valence-electron chi connectivity index (χ3n) is 3.10. The van der Waals surface area contributed by atoms with E-state index in [0.29, 0.717) is 12.5 Å². The number of aromatic nitrogens is 2. The van der Waals surface area contributed by atoms with E-state index in [1.54, 1.807) is 18.5 Å². The van der Waals surface area contributed by atoms with Crippen molar-refractivity contribution in [3.05, 3.63) is 18.5 Å². The van der Waals surface area contributed by atoms with Crippen LogP contribution in [0.15, 0.2) is 18.5 Å². The van der Waals surface area contributed by atoms with Crippen LogP contribution in [-0.4, -0.2) is 34.5 Å². The number of nitrogens with one attached hydrogen (secondary N) is 1. The van der Waals surface area contributed by atoms with Gasteiger partial charge < -0.3 is 10.2 Å². The van der Waals surface area contributed by atoms with E-state index in [-0.39, 0.29) is 11.9 Å². The van der Waals surface area contributed by atoms with Crippen molar-refractivity contribution in [2.45, 2.75) is 24.9 Å². The predicted molar refractivity (Wildman–Crippen MR) is 54.3 cm³/mol. The summed E-state index contributed by atoms with van der Waals surface area (Å²) in [4.78, 5) is 21.8. The molecule has 1 amide bonds. The van der Waals surface area contributed by atoms with Crippen molar-refractivity contribution < 1.29 is 4.79 Å². The van der Waals surface area contributed by atoms with Crippen molar-refractivity contribution in [2.75, 3.05) is 11.4 Å². The van der Waals surface area contributed by atoms with Crippen LogP contribution in [0.3, 0.4) is 0 Å². The van der Waals surface area contributed by atoms with Gasteiger partial charge in [-0.2, -0.15) is 0 Å². The summed E-state index contributed by atoms with van der Waals surface area (Å²) >= 11 is 0. The van der Waals surface area contributed by atoms with Crippen molar-refractivity contribution in [2.24, 2.45) is 0 Å². The molecule has 0 aliphatic carbocycles. The van der Waals surface area contributed by atoms with Crippen molar-refractivity contribution in [3.8, 4) is 0 Å². The van der Waals surface area contributed by atoms with Crippen LogP contribution in [0.5, 0.6) is 0 Å². The molecule has 0 bridgehead atoms. The van der Waals surface area contributed by atoms with Crippen LogP contribution < -0.4 is 10.2 Å². The Labute approximate surface area is 87.5 Å². The largest absolute Gasteiger partial charge is 0.351 e. The fourth-order valence-corrected chi connectivity index (χ4v) is 2.42. The molecule has 2 saturated heterocycles. The Morgan fingerprint density at radius 1 is 1.40 bits per heavy atom. The first-order valence-corrected chi connectivity index (χ1v) is 5.17. The van der Waals surface area contributed by atoms with Gasteiger partial charge in [-0.1, -0.05) is 0 Å². The first-order valence-electron chi connectivity index (χ1n) is 5.17. The Morgan fingerprint density at radius 3 is 3.00 bits per heavy atom. The standard InChI is InChI=1S/C10H12N4O/c15-9-6-8-7(13-9)2-5-14(8)10-11-3-1-4-12-10/h1,3-4,7-8H,2,5-6H2,(H,13,15). The summed E-state index contributed by atoms with van der Waals surface area (Å²) in [7, 11) is 0. The van der Waals surface area contributed by atoms with Crippen LogP contribution in [0.2, 0.25) is 0 Å². The zero-order valence-corrected chi connectivity index (χ0v) is 8.26. The minimum Gasteiger partial charge on any atom is -0.351 e. The second kappa shape index (κ2) is 3.18. The number of carbonyl (C=O) groups excluding carboxylic acids is 1. The van der Waals surface area contributed by atoms with Crippen molar-refractivity contribution >= 4 is 11.9 Å². The molecule has 2 unspecified atom stereocenters. The van der Waals surface area contributed by atoms with Crippen LogP contribution in [0.1, 0.15) is 12.8 Å². The number of anilines is 1. The molecule has 15 heavy (non-hydrogen) atoms. The molecule has 2 aliphatic rings. The lowest BCUT2D eigenvalue weighted by atomic mass is 10.1. The van der Waals surface area contributed by atoms with Crippen LogP contribution in [-0.2, 0) is 4.79 Å². The molecule has 5 nitrogen and oxygen atoms in total. The normalized spacial score (nSPS) is 29.1. The Hall–Kier alpha value is -1.65. The number of hydrogen-bond acceptors (Lipinski definition) is 4. The molecule has 2 aliphatic heterocycles. The van der Waals surface area contributed by atoms with Gasteiger partial charge in [0.2, 0.25) is 11.9 Å². The van der Waals surface area contributed by atoms with Crippen LogP contribution in [0, 0.1) is 0 Å². The van der Waals surface area contributed by atoms with Gasteiger partial charge in [0.1, 0.15) is 0 Å². The molecule has 1 aromatic heterocycles. The molecular formula is C10H12N4O. The number of fused-ring (bicyclic) bond motifs is 1. The van der Waals surface area contributed by atoms with Crippen LogP contribution >= 0.6 is 0 Å². The molecule has 3 heterocycles. The average Bonchev–Trinajstić information content (AvgIpc) is 2.77. The van der Waals surface area contributed by atoms with E-state index in [2.05, 4.69) is 20.2 Å². The number of carbonyl (C=O) groups is 1. The minimum atomic E-state index is 0.144. The smallest absolute Gasteiger partial charge is 0.225 e. The Bertz CT molecular complexity index is 380. The van der Waals surface area contributed by atoms with E-state index >= 15 is 0 Å². The third kappa shape index (κ3) is 1.35. The fourth-order valence-electron chi connectivity index (χ4n) is 2.42. The topological polar surface area (TPSA) is 58.1 Å². The Kier molecular flexibility index (Phi) is 1.83. The molecule has 3 rings (SSSR count). The number of rotatable bonds is 1. The van der Waals surface area contributed by atoms with E-state index in [1.807, 2.05) is 0 Å². The SMILES string of the molecule is O=C1CC2C(CCN2c2ncccn2)N1. The van der Waals surface area contributed by atoms with E-state index in [9.17, 15) is 4.79 Å². The lowest BCUT2D eigenvalue weighted by molar-refractivity contribution is -0.119. The predicted octanol–water partition coefficient (Wildman–Crippen LogP) is -0.0562. The highest BCUT2D eigenvalue weighted by atomic mass is 16.2. The van der Waals surface area contributed by atoms with Gasteiger partial charge in [0.15, 0.2) is 0 Å². The van der Waals surface area contributed by atoms with Gasteiger partial charge in [-0.15, -0.1) is 0 Å². The van der Waals surface area contributed by atoms with E-state index in [4.69, 9.17) is 0 Å². The molecule has 78 valence electrons. The first-order chi connectivity index (χ1) is 7.34. The highest BCUT2D eigenvalue weighted by Crippen LogP contribution is 2.28. The molecular weight excluding hydrogens is 192 g/mol. The molecule has 1 N–H and O–H groups in total. The van der Waals surface area contributed by atoms with Gasteiger partial charge >= 0.3 is 0 Å². The van der Waals surface area contributed by atoms with Gasteiger partial charge in [0.05, 0.1) is 12.1 Å². The molecule has 0 radical (unpaired) electrons. The highest BCUT2D eigenvalue weighted by Gasteiger charge is 2.42. The number of nitrogens with zero attached hydrogens (tertiary/aromatic N) is 3. The highest BCUT2D eigenvalue weighted by molar-refractivity contribution is 5.81. The van der Waals surface area contributed by atoms with Gasteiger partial charge in [-0.05, 0) is 12.5 Å². The van der Waals surface area contributed by atoms with Gasteiger partial charge in [-0.3, -0.25) is 4.79 Å². The lowest BCUT2D eigenvalue weighted by Crippen LogP contribution is -2.35. The molecule has 0 saturated carbocycles. The maximum absolute atomic E-state index is 11.3. The summed E-state index contributed by atoms with van der Waals surface area (Å²) in [5.41, 5.74) is 0. The third-order valence-corrected chi connectivity index (χ3v) is 3.10. The van der Waals surface area contributed by atoms with Crippen LogP contribution in [0.25, 0.3) is 0 Å². The summed E-state index contributed by atoms with van der Waals surface area (Å²) in [6.45, 7) is 0.930. The molecule has 5 heteroatoms. The zero-order valence-electron chi connectivity index (χ0n) is 8.26. The maximum atomic E-state index is 11.3. The molecule has 0 aromatic carbocycles. The van der Waals surface area contributed by atoms with Crippen molar-refractivity contribution in [1.29, 1.82) is 0 Å². The lowest BCUT2D eigenvalue weighted by Gasteiger charge is -2.21. The summed E-state index contributed by atoms with van der Waals surface area (Å²) in [5, 5.41) is 2.98. The number of amides is 1. The van der Waals surface area contributed by atoms with Gasteiger partial charge in [-0.25, -0.2) is 9.97 Å². The van der Waals surface area contributed by atoms with E-state index in [0.717, 1.165) is 18.9 Å². The summed E-state index contributed by atoms with van der Waals surface area (Å²) < 4.78 is 0. The molecule has 2 atom stereocenters. The second-order valence-corrected chi connectivity index (χ2v) is 3.98. The summed E-state index contributed by atoms with van der Waals surface area (Å²) in [6, 6.07) is 2.34. The second-order valence-electron chi connectivity index (χ2n) is 3.98. The fraction of sp³-hybridized carbons (Fsp3) is 0.500. The molecule has 2 fully saturated rings. The summed E-state index contributed by atoms with van der Waals surface area (Å²) in [6.07, 6.45) is 5.04. The zero-order chi connectivity index (χ0) is 10.3. The Morgan fingerprint density at radius 2 is 2.20 bits per heavy atom. The monoisotopic (exact) mass is 204 g/mol. The van der Waals surface area contributed by atoms with Crippen molar-refractivity contribution in [1.82, 2.24) is 15.3 Å². The van der Waals surface area contributed by atoms with Crippen LogP contribution in [0.4, 0.5) is 5.95 Å². The van der Waals surface area contributed by atoms with Crippen molar-refractivity contribution in [3.63, 3.8) is 0 Å². The molecule has 0 spiro atoms. The minimum absolute atomic E-state index is 0.144. The van der Waals surface area contributed by atoms with Gasteiger partial charge in [0, 0.05) is 25.4 Å². The quantitative estimate of drug-likeness (QED) is 0.696. The average molecular weight is 204 g/mol. The van der Waals surface area contributed by atoms with E-state index < -0.39 is 0 Å². The number of hydrogen-bond donors (Lipinski definition) is 1. The summed E-state index contributed by atoms with van der Waals surface area (Å²) in [5.74, 6) is 0.882. The Balaban J connectivity index is 1.87. The van der Waals surface area contributed by atoms with E-state index in [1.165, 1.54) is 0 Å². The maximum Gasteiger partial charge on any atom is 0.225 e.